The standard InChI is InChI=1S/C9H15NO/c1-2-9(11)5-6-10(7-9)8-3-4-8/h2,8,11H,1,3-7H2. The summed E-state index contributed by atoms with van der Waals surface area (Å²) in [6.45, 7) is 5.51. The largest absolute Gasteiger partial charge is 0.384 e. The topological polar surface area (TPSA) is 23.5 Å². The lowest BCUT2D eigenvalue weighted by atomic mass is 10.0. The van der Waals surface area contributed by atoms with Gasteiger partial charge in [-0.1, -0.05) is 6.08 Å². The van der Waals surface area contributed by atoms with E-state index in [1.807, 2.05) is 0 Å². The SMILES string of the molecule is C=CC1(O)CCN(C2CC2)C1. The Labute approximate surface area is 67.5 Å². The van der Waals surface area contributed by atoms with Crippen molar-refractivity contribution < 1.29 is 5.11 Å². The Balaban J connectivity index is 1.96. The first kappa shape index (κ1) is 7.32. The fraction of sp³-hybridized carbons (Fsp3) is 0.778. The Morgan fingerprint density at radius 2 is 2.27 bits per heavy atom. The maximum atomic E-state index is 9.79. The Morgan fingerprint density at radius 3 is 2.73 bits per heavy atom. The molecule has 1 unspecified atom stereocenters. The molecule has 2 rings (SSSR count). The first-order valence-electron chi connectivity index (χ1n) is 4.33. The third kappa shape index (κ3) is 1.33. The number of hydrogen-bond donors (Lipinski definition) is 1. The van der Waals surface area contributed by atoms with Crippen LogP contribution in [0.5, 0.6) is 0 Å². The van der Waals surface area contributed by atoms with Crippen LogP contribution in [-0.4, -0.2) is 34.7 Å². The lowest BCUT2D eigenvalue weighted by Crippen LogP contribution is -2.31. The highest BCUT2D eigenvalue weighted by atomic mass is 16.3. The van der Waals surface area contributed by atoms with Crippen LogP contribution >= 0.6 is 0 Å². The van der Waals surface area contributed by atoms with Crippen molar-refractivity contribution in [2.45, 2.75) is 30.9 Å². The van der Waals surface area contributed by atoms with E-state index < -0.39 is 5.60 Å². The molecule has 1 saturated carbocycles. The number of rotatable bonds is 2. The van der Waals surface area contributed by atoms with Crippen molar-refractivity contribution in [2.75, 3.05) is 13.1 Å². The van der Waals surface area contributed by atoms with E-state index in [1.165, 1.54) is 12.8 Å². The molecule has 2 fully saturated rings. The zero-order valence-corrected chi connectivity index (χ0v) is 6.79. The molecular formula is C9H15NO. The van der Waals surface area contributed by atoms with Gasteiger partial charge in [-0.25, -0.2) is 0 Å². The Kier molecular flexibility index (Phi) is 1.55. The minimum absolute atomic E-state index is 0.581. The molecule has 2 nitrogen and oxygen atoms in total. The van der Waals surface area contributed by atoms with Gasteiger partial charge in [-0.3, -0.25) is 4.90 Å². The lowest BCUT2D eigenvalue weighted by Gasteiger charge is -2.18. The fourth-order valence-electron chi connectivity index (χ4n) is 1.76. The van der Waals surface area contributed by atoms with Gasteiger partial charge in [0.15, 0.2) is 0 Å². The van der Waals surface area contributed by atoms with E-state index in [2.05, 4.69) is 11.5 Å². The smallest absolute Gasteiger partial charge is 0.0963 e. The maximum absolute atomic E-state index is 9.79. The van der Waals surface area contributed by atoms with E-state index in [1.54, 1.807) is 6.08 Å². The number of likely N-dealkylation sites (tertiary alicyclic amines) is 1. The van der Waals surface area contributed by atoms with Gasteiger partial charge >= 0.3 is 0 Å². The highest BCUT2D eigenvalue weighted by Gasteiger charge is 2.39. The molecule has 1 saturated heterocycles. The minimum atomic E-state index is -0.581. The molecule has 0 aromatic rings. The highest BCUT2D eigenvalue weighted by Crippen LogP contribution is 2.33. The normalized spacial score (nSPS) is 39.4. The Bertz CT molecular complexity index is 176. The maximum Gasteiger partial charge on any atom is 0.0963 e. The monoisotopic (exact) mass is 153 g/mol. The van der Waals surface area contributed by atoms with E-state index in [0.717, 1.165) is 25.6 Å². The van der Waals surface area contributed by atoms with Crippen LogP contribution in [0, 0.1) is 0 Å². The molecule has 1 aliphatic heterocycles. The molecule has 0 spiro atoms. The molecule has 0 bridgehead atoms. The second kappa shape index (κ2) is 2.32. The third-order valence-electron chi connectivity index (χ3n) is 2.75. The second-order valence-electron chi connectivity index (χ2n) is 3.76. The quantitative estimate of drug-likeness (QED) is 0.592. The van der Waals surface area contributed by atoms with Gasteiger partial charge in [0, 0.05) is 19.1 Å². The Hall–Kier alpha value is -0.340. The number of hydrogen-bond acceptors (Lipinski definition) is 2. The van der Waals surface area contributed by atoms with Gasteiger partial charge < -0.3 is 5.11 Å². The summed E-state index contributed by atoms with van der Waals surface area (Å²) in [6.07, 6.45) is 5.21. The van der Waals surface area contributed by atoms with Crippen LogP contribution in [0.4, 0.5) is 0 Å². The van der Waals surface area contributed by atoms with Crippen LogP contribution in [0.25, 0.3) is 0 Å². The predicted molar refractivity (Wildman–Crippen MR) is 44.4 cm³/mol. The van der Waals surface area contributed by atoms with Crippen molar-refractivity contribution in [3.8, 4) is 0 Å². The predicted octanol–water partition coefficient (Wildman–Crippen LogP) is 0.772. The second-order valence-corrected chi connectivity index (χ2v) is 3.76. The molecule has 11 heavy (non-hydrogen) atoms. The van der Waals surface area contributed by atoms with Crippen molar-refractivity contribution in [2.24, 2.45) is 0 Å². The van der Waals surface area contributed by atoms with Crippen molar-refractivity contribution in [3.05, 3.63) is 12.7 Å². The van der Waals surface area contributed by atoms with Crippen LogP contribution < -0.4 is 0 Å². The molecule has 1 atom stereocenters. The summed E-state index contributed by atoms with van der Waals surface area (Å²) in [6, 6.07) is 0.781. The van der Waals surface area contributed by atoms with Crippen LogP contribution in [0.15, 0.2) is 12.7 Å². The van der Waals surface area contributed by atoms with Crippen molar-refractivity contribution >= 4 is 0 Å². The van der Waals surface area contributed by atoms with Crippen molar-refractivity contribution in [1.29, 1.82) is 0 Å². The molecule has 0 aromatic carbocycles. The summed E-state index contributed by atoms with van der Waals surface area (Å²) in [5, 5.41) is 9.79. The fourth-order valence-corrected chi connectivity index (χ4v) is 1.76. The molecule has 2 heteroatoms. The van der Waals surface area contributed by atoms with E-state index in [4.69, 9.17) is 0 Å². The zero-order valence-electron chi connectivity index (χ0n) is 6.79. The third-order valence-corrected chi connectivity index (χ3v) is 2.75. The lowest BCUT2D eigenvalue weighted by molar-refractivity contribution is 0.0976. The molecule has 0 amide bonds. The molecule has 2 aliphatic rings. The van der Waals surface area contributed by atoms with E-state index in [0.29, 0.717) is 0 Å². The zero-order chi connectivity index (χ0) is 7.90. The summed E-state index contributed by atoms with van der Waals surface area (Å²) in [7, 11) is 0. The van der Waals surface area contributed by atoms with Gasteiger partial charge in [0.05, 0.1) is 5.60 Å². The summed E-state index contributed by atoms with van der Waals surface area (Å²) < 4.78 is 0. The van der Waals surface area contributed by atoms with Crippen molar-refractivity contribution in [3.63, 3.8) is 0 Å². The van der Waals surface area contributed by atoms with E-state index in [-0.39, 0.29) is 0 Å². The average molecular weight is 153 g/mol. The summed E-state index contributed by atoms with van der Waals surface area (Å²) in [4.78, 5) is 2.38. The van der Waals surface area contributed by atoms with Crippen LogP contribution in [0.2, 0.25) is 0 Å². The van der Waals surface area contributed by atoms with E-state index >= 15 is 0 Å². The average Bonchev–Trinajstić information content (AvgIpc) is 2.77. The van der Waals surface area contributed by atoms with Gasteiger partial charge in [0.1, 0.15) is 0 Å². The molecule has 1 aliphatic carbocycles. The number of β-amino-alcohol motifs (C(OH)–C–C–N with tert-alkyl or cyclic N) is 1. The van der Waals surface area contributed by atoms with E-state index in [9.17, 15) is 5.11 Å². The summed E-state index contributed by atoms with van der Waals surface area (Å²) in [5.41, 5.74) is -0.581. The molecular weight excluding hydrogens is 138 g/mol. The van der Waals surface area contributed by atoms with Gasteiger partial charge in [0.2, 0.25) is 0 Å². The molecule has 0 aromatic heterocycles. The highest BCUT2D eigenvalue weighted by molar-refractivity contribution is 5.05. The van der Waals surface area contributed by atoms with Crippen molar-refractivity contribution in [1.82, 2.24) is 4.90 Å². The van der Waals surface area contributed by atoms with Crippen LogP contribution in [0.1, 0.15) is 19.3 Å². The van der Waals surface area contributed by atoms with Gasteiger partial charge in [-0.15, -0.1) is 6.58 Å². The molecule has 62 valence electrons. The van der Waals surface area contributed by atoms with Gasteiger partial charge in [0.25, 0.3) is 0 Å². The van der Waals surface area contributed by atoms with Gasteiger partial charge in [-0.2, -0.15) is 0 Å². The summed E-state index contributed by atoms with van der Waals surface area (Å²) >= 11 is 0. The minimum Gasteiger partial charge on any atom is -0.384 e. The first-order valence-corrected chi connectivity index (χ1v) is 4.33. The molecule has 1 N–H and O–H groups in total. The number of nitrogens with zero attached hydrogens (tertiary/aromatic N) is 1. The summed E-state index contributed by atoms with van der Waals surface area (Å²) in [5.74, 6) is 0. The van der Waals surface area contributed by atoms with Crippen LogP contribution in [0.3, 0.4) is 0 Å². The Morgan fingerprint density at radius 1 is 1.55 bits per heavy atom. The van der Waals surface area contributed by atoms with Gasteiger partial charge in [-0.05, 0) is 19.3 Å². The molecule has 1 heterocycles. The van der Waals surface area contributed by atoms with Crippen LogP contribution in [-0.2, 0) is 0 Å². The first-order chi connectivity index (χ1) is 5.23. The number of aliphatic hydroxyl groups is 1. The molecule has 0 radical (unpaired) electrons.